The lowest BCUT2D eigenvalue weighted by Crippen LogP contribution is -2.29. The first-order valence-electron chi connectivity index (χ1n) is 14.1. The van der Waals surface area contributed by atoms with Crippen LogP contribution in [0.5, 0.6) is 5.75 Å². The van der Waals surface area contributed by atoms with Gasteiger partial charge in [0.15, 0.2) is 5.13 Å². The number of ketones is 1. The van der Waals surface area contributed by atoms with Crippen LogP contribution in [0.1, 0.15) is 63.1 Å². The van der Waals surface area contributed by atoms with Gasteiger partial charge in [-0.05, 0) is 67.6 Å². The minimum atomic E-state index is -0.958. The molecule has 1 atom stereocenters. The summed E-state index contributed by atoms with van der Waals surface area (Å²) in [5.74, 6) is -1.91. The fraction of sp³-hybridized carbons (Fsp3) is 0.235. The zero-order chi connectivity index (χ0) is 30.7. The molecule has 1 aromatic heterocycles. The second kappa shape index (κ2) is 12.6. The number of aliphatic hydroxyl groups excluding tert-OH is 1. The molecule has 220 valence electrons. The maximum Gasteiger partial charge on any atom is 0.350 e. The molecule has 2 heterocycles. The number of benzene rings is 3. The Balaban J connectivity index is 1.57. The Bertz CT molecular complexity index is 1710. The van der Waals surface area contributed by atoms with Crippen LogP contribution in [0.2, 0.25) is 0 Å². The first-order chi connectivity index (χ1) is 20.7. The highest BCUT2D eigenvalue weighted by Gasteiger charge is 2.48. The van der Waals surface area contributed by atoms with Crippen LogP contribution in [0, 0.1) is 13.8 Å². The molecule has 5 rings (SSSR count). The maximum absolute atomic E-state index is 13.6. The number of amides is 1. The second-order valence-electron chi connectivity index (χ2n) is 10.1. The van der Waals surface area contributed by atoms with E-state index in [9.17, 15) is 19.5 Å². The smallest absolute Gasteiger partial charge is 0.350 e. The van der Waals surface area contributed by atoms with Gasteiger partial charge in [-0.25, -0.2) is 9.78 Å². The van der Waals surface area contributed by atoms with Crippen molar-refractivity contribution in [2.75, 3.05) is 11.5 Å². The average molecular weight is 597 g/mol. The number of rotatable bonds is 9. The van der Waals surface area contributed by atoms with Gasteiger partial charge in [-0.2, -0.15) is 0 Å². The highest BCUT2D eigenvalue weighted by atomic mass is 32.1. The van der Waals surface area contributed by atoms with Gasteiger partial charge in [-0.15, -0.1) is 0 Å². The van der Waals surface area contributed by atoms with Crippen LogP contribution in [-0.2, 0) is 27.4 Å². The van der Waals surface area contributed by atoms with Crippen LogP contribution < -0.4 is 9.64 Å². The summed E-state index contributed by atoms with van der Waals surface area (Å²) in [5, 5.41) is 11.8. The number of aryl methyl sites for hydroxylation is 3. The van der Waals surface area contributed by atoms with E-state index in [4.69, 9.17) is 9.47 Å². The molecule has 1 saturated heterocycles. The first-order valence-corrected chi connectivity index (χ1v) is 14.9. The third kappa shape index (κ3) is 5.94. The highest BCUT2D eigenvalue weighted by molar-refractivity contribution is 7.17. The third-order valence-electron chi connectivity index (χ3n) is 7.30. The Labute approximate surface area is 254 Å². The Kier molecular flexibility index (Phi) is 8.73. The Morgan fingerprint density at radius 2 is 1.70 bits per heavy atom. The molecule has 4 aromatic rings. The van der Waals surface area contributed by atoms with Crippen LogP contribution in [0.3, 0.4) is 0 Å². The molecule has 1 amide bonds. The Morgan fingerprint density at radius 1 is 0.977 bits per heavy atom. The number of aromatic nitrogens is 1. The lowest BCUT2D eigenvalue weighted by atomic mass is 9.93. The lowest BCUT2D eigenvalue weighted by molar-refractivity contribution is -0.132. The number of aliphatic hydroxyl groups is 1. The maximum atomic E-state index is 13.6. The van der Waals surface area contributed by atoms with Crippen LogP contribution in [0.25, 0.3) is 5.76 Å². The van der Waals surface area contributed by atoms with E-state index < -0.39 is 23.7 Å². The molecular formula is C34H32N2O6S. The number of nitrogens with zero attached hydrogens (tertiary/aromatic N) is 2. The summed E-state index contributed by atoms with van der Waals surface area (Å²) in [6.45, 7) is 7.77. The van der Waals surface area contributed by atoms with Crippen LogP contribution >= 0.6 is 11.3 Å². The summed E-state index contributed by atoms with van der Waals surface area (Å²) in [7, 11) is 0. The number of carbonyl (C=O) groups excluding carboxylic acids is 3. The molecule has 8 nitrogen and oxygen atoms in total. The summed E-state index contributed by atoms with van der Waals surface area (Å²) in [6.07, 6.45) is 0.812. The minimum Gasteiger partial charge on any atom is -0.507 e. The molecule has 0 saturated carbocycles. The molecule has 1 unspecified atom stereocenters. The molecule has 3 aromatic carbocycles. The zero-order valence-corrected chi connectivity index (χ0v) is 25.2. The number of thiazole rings is 1. The van der Waals surface area contributed by atoms with Crippen molar-refractivity contribution in [1.82, 2.24) is 4.98 Å². The molecule has 1 N–H and O–H groups in total. The van der Waals surface area contributed by atoms with Gasteiger partial charge >= 0.3 is 11.9 Å². The van der Waals surface area contributed by atoms with Crippen molar-refractivity contribution in [2.45, 2.75) is 46.8 Å². The number of anilines is 1. The van der Waals surface area contributed by atoms with E-state index in [0.717, 1.165) is 28.9 Å². The minimum absolute atomic E-state index is 0.0548. The summed E-state index contributed by atoms with van der Waals surface area (Å²) in [6, 6.07) is 21.5. The number of hydrogen-bond donors (Lipinski definition) is 1. The molecule has 9 heteroatoms. The first kappa shape index (κ1) is 29.7. The topological polar surface area (TPSA) is 106 Å². The fourth-order valence-electron chi connectivity index (χ4n) is 5.03. The highest BCUT2D eigenvalue weighted by Crippen LogP contribution is 2.44. The number of esters is 1. The average Bonchev–Trinajstić information content (AvgIpc) is 3.52. The van der Waals surface area contributed by atoms with Crippen LogP contribution in [0.4, 0.5) is 5.13 Å². The normalized spacial score (nSPS) is 16.0. The Morgan fingerprint density at radius 3 is 2.35 bits per heavy atom. The molecular weight excluding hydrogens is 564 g/mol. The van der Waals surface area contributed by atoms with Gasteiger partial charge in [0.2, 0.25) is 0 Å². The fourth-order valence-corrected chi connectivity index (χ4v) is 6.02. The van der Waals surface area contributed by atoms with Crippen molar-refractivity contribution >= 4 is 39.9 Å². The van der Waals surface area contributed by atoms with Crippen molar-refractivity contribution in [3.63, 3.8) is 0 Å². The molecule has 0 radical (unpaired) electrons. The Hall–Kier alpha value is -4.76. The number of ether oxygens (including phenoxy) is 2. The number of Topliss-reactive ketones (excluding diaryl/α,β-unsaturated/α-hetero) is 1. The lowest BCUT2D eigenvalue weighted by Gasteiger charge is -2.23. The van der Waals surface area contributed by atoms with E-state index in [-0.39, 0.29) is 27.9 Å². The van der Waals surface area contributed by atoms with Gasteiger partial charge in [0.25, 0.3) is 5.78 Å². The molecule has 0 bridgehead atoms. The third-order valence-corrected chi connectivity index (χ3v) is 8.44. The van der Waals surface area contributed by atoms with E-state index in [1.165, 1.54) is 4.90 Å². The second-order valence-corrected chi connectivity index (χ2v) is 11.1. The number of carbonyl (C=O) groups is 3. The van der Waals surface area contributed by atoms with E-state index in [1.54, 1.807) is 39.0 Å². The SMILES string of the molecule is CCOC(=O)c1sc(N2C(=O)C(=O)/C(=C(\O)c3ccc(OCc4ccccc4)cc3C)C2c2ccc(CC)cc2)nc1C. The van der Waals surface area contributed by atoms with Crippen molar-refractivity contribution in [2.24, 2.45) is 0 Å². The van der Waals surface area contributed by atoms with Gasteiger partial charge in [0.05, 0.1) is 23.9 Å². The molecule has 1 aliphatic heterocycles. The number of hydrogen-bond acceptors (Lipinski definition) is 8. The standard InChI is InChI=1S/C34H32N2O6S/c1-5-22-12-14-24(15-13-22)28-27(30(38)32(39)36(28)34-35-21(4)31(43-34)33(40)41-6-2)29(37)26-17-16-25(18-20(26)3)42-19-23-10-8-7-9-11-23/h7-18,28,37H,5-6,19H2,1-4H3/b29-27-. The van der Waals surface area contributed by atoms with Crippen molar-refractivity contribution in [3.05, 3.63) is 117 Å². The van der Waals surface area contributed by atoms with Gasteiger partial charge in [-0.1, -0.05) is 72.9 Å². The summed E-state index contributed by atoms with van der Waals surface area (Å²) >= 11 is 0.981. The van der Waals surface area contributed by atoms with Crippen molar-refractivity contribution in [3.8, 4) is 5.75 Å². The van der Waals surface area contributed by atoms with Gasteiger partial charge < -0.3 is 14.6 Å². The molecule has 1 fully saturated rings. The van der Waals surface area contributed by atoms with Crippen molar-refractivity contribution < 1.29 is 29.0 Å². The zero-order valence-electron chi connectivity index (χ0n) is 24.4. The summed E-state index contributed by atoms with van der Waals surface area (Å²) in [5.41, 5.74) is 4.14. The summed E-state index contributed by atoms with van der Waals surface area (Å²) in [4.78, 5) is 45.8. The molecule has 0 spiro atoms. The van der Waals surface area contributed by atoms with Gasteiger partial charge in [0, 0.05) is 5.56 Å². The van der Waals surface area contributed by atoms with E-state index in [0.29, 0.717) is 34.7 Å². The molecule has 0 aliphatic carbocycles. The molecule has 43 heavy (non-hydrogen) atoms. The van der Waals surface area contributed by atoms with E-state index >= 15 is 0 Å². The van der Waals surface area contributed by atoms with E-state index in [1.807, 2.05) is 61.5 Å². The van der Waals surface area contributed by atoms with Gasteiger partial charge in [-0.3, -0.25) is 14.5 Å². The van der Waals surface area contributed by atoms with E-state index in [2.05, 4.69) is 4.98 Å². The predicted molar refractivity (Wildman–Crippen MR) is 165 cm³/mol. The van der Waals surface area contributed by atoms with Crippen LogP contribution in [-0.4, -0.2) is 34.4 Å². The predicted octanol–water partition coefficient (Wildman–Crippen LogP) is 6.70. The van der Waals surface area contributed by atoms with Gasteiger partial charge in [0.1, 0.15) is 23.0 Å². The van der Waals surface area contributed by atoms with Crippen LogP contribution in [0.15, 0.2) is 78.4 Å². The summed E-state index contributed by atoms with van der Waals surface area (Å²) < 4.78 is 11.1. The molecule has 1 aliphatic rings. The van der Waals surface area contributed by atoms with Crippen molar-refractivity contribution in [1.29, 1.82) is 0 Å². The monoisotopic (exact) mass is 596 g/mol. The quantitative estimate of drug-likeness (QED) is 0.0991. The largest absolute Gasteiger partial charge is 0.507 e.